The summed E-state index contributed by atoms with van der Waals surface area (Å²) in [6.07, 6.45) is 14.1. The Balaban J connectivity index is 4.11. The van der Waals surface area contributed by atoms with Gasteiger partial charge in [0.2, 0.25) is 0 Å². The summed E-state index contributed by atoms with van der Waals surface area (Å²) in [5, 5.41) is 2.47. The zero-order chi connectivity index (χ0) is 22.3. The standard InChI is InChI=1S/C23H40NO4P/c1-7-29(26,27)28-23(25)24-18-17-22(6)16-10-15-21(5)14-9-13-20(4)12-8-11-19(2)3/h11,13,15,17H,7-10,12,14,16,18H2,1-6H3,(H,24,25)(H,26,27). The number of nitrogens with one attached hydrogen (secondary N) is 1. The molecule has 0 radical (unpaired) electrons. The smallest absolute Gasteiger partial charge is 0.375 e. The number of carbonyl (C=O) groups excluding carboxylic acids is 1. The summed E-state index contributed by atoms with van der Waals surface area (Å²) in [5.74, 6) is 0. The zero-order valence-corrected chi connectivity index (χ0v) is 20.0. The lowest BCUT2D eigenvalue weighted by atomic mass is 10.0. The molecule has 1 amide bonds. The van der Waals surface area contributed by atoms with Crippen molar-refractivity contribution in [3.8, 4) is 0 Å². The molecule has 0 aliphatic heterocycles. The Hall–Kier alpha value is -1.58. The fourth-order valence-electron chi connectivity index (χ4n) is 2.52. The van der Waals surface area contributed by atoms with Crippen molar-refractivity contribution in [2.45, 2.75) is 80.1 Å². The maximum atomic E-state index is 11.4. The van der Waals surface area contributed by atoms with Gasteiger partial charge < -0.3 is 14.7 Å². The number of carbonyl (C=O) groups is 1. The summed E-state index contributed by atoms with van der Waals surface area (Å²) < 4.78 is 15.8. The minimum atomic E-state index is -3.79. The lowest BCUT2D eigenvalue weighted by Gasteiger charge is -2.09. The highest BCUT2D eigenvalue weighted by Crippen LogP contribution is 2.40. The van der Waals surface area contributed by atoms with Crippen molar-refractivity contribution >= 4 is 13.7 Å². The lowest BCUT2D eigenvalue weighted by Crippen LogP contribution is -2.23. The molecule has 0 rings (SSSR count). The van der Waals surface area contributed by atoms with E-state index in [-0.39, 0.29) is 12.7 Å². The summed E-state index contributed by atoms with van der Waals surface area (Å²) in [6.45, 7) is 12.4. The molecule has 0 aliphatic rings. The zero-order valence-electron chi connectivity index (χ0n) is 19.1. The van der Waals surface area contributed by atoms with E-state index in [0.717, 1.165) is 44.1 Å². The highest BCUT2D eigenvalue weighted by molar-refractivity contribution is 7.53. The predicted molar refractivity (Wildman–Crippen MR) is 123 cm³/mol. The molecule has 2 N–H and O–H groups in total. The Kier molecular flexibility index (Phi) is 14.5. The van der Waals surface area contributed by atoms with Crippen LogP contribution in [0.2, 0.25) is 0 Å². The molecule has 0 fully saturated rings. The Morgan fingerprint density at radius 3 is 1.76 bits per heavy atom. The van der Waals surface area contributed by atoms with Crippen molar-refractivity contribution in [2.75, 3.05) is 12.7 Å². The maximum absolute atomic E-state index is 11.4. The van der Waals surface area contributed by atoms with Crippen molar-refractivity contribution in [2.24, 2.45) is 0 Å². The summed E-state index contributed by atoms with van der Waals surface area (Å²) in [6, 6.07) is 0. The third kappa shape index (κ3) is 17.0. The quantitative estimate of drug-likeness (QED) is 0.244. The molecule has 0 aromatic heterocycles. The first-order chi connectivity index (χ1) is 13.6. The van der Waals surface area contributed by atoms with E-state index in [1.807, 2.05) is 13.0 Å². The second-order valence-electron chi connectivity index (χ2n) is 7.76. The van der Waals surface area contributed by atoms with Gasteiger partial charge in [-0.2, -0.15) is 0 Å². The number of rotatable bonds is 13. The van der Waals surface area contributed by atoms with E-state index in [4.69, 9.17) is 0 Å². The first-order valence-electron chi connectivity index (χ1n) is 10.4. The number of amides is 1. The number of allylic oxidation sites excluding steroid dienone is 7. The van der Waals surface area contributed by atoms with Gasteiger partial charge in [0.15, 0.2) is 0 Å². The number of hydrogen-bond donors (Lipinski definition) is 2. The van der Waals surface area contributed by atoms with Crippen LogP contribution in [0.25, 0.3) is 0 Å². The topological polar surface area (TPSA) is 75.6 Å². The molecule has 0 bridgehead atoms. The first-order valence-corrected chi connectivity index (χ1v) is 12.2. The minimum Gasteiger partial charge on any atom is -0.375 e. The van der Waals surface area contributed by atoms with Crippen LogP contribution >= 0.6 is 7.60 Å². The van der Waals surface area contributed by atoms with Gasteiger partial charge in [0.25, 0.3) is 0 Å². The second kappa shape index (κ2) is 15.3. The van der Waals surface area contributed by atoms with Crippen LogP contribution in [-0.4, -0.2) is 23.7 Å². The van der Waals surface area contributed by atoms with E-state index >= 15 is 0 Å². The molecule has 6 heteroatoms. The molecular formula is C23H40NO4P. The predicted octanol–water partition coefficient (Wildman–Crippen LogP) is 7.06. The average Bonchev–Trinajstić information content (AvgIpc) is 2.61. The fourth-order valence-corrected chi connectivity index (χ4v) is 2.97. The molecule has 29 heavy (non-hydrogen) atoms. The van der Waals surface area contributed by atoms with Crippen molar-refractivity contribution in [3.63, 3.8) is 0 Å². The van der Waals surface area contributed by atoms with Crippen molar-refractivity contribution in [1.29, 1.82) is 0 Å². The molecule has 1 unspecified atom stereocenters. The van der Waals surface area contributed by atoms with Gasteiger partial charge in [-0.3, -0.25) is 0 Å². The molecule has 0 spiro atoms. The summed E-state index contributed by atoms with van der Waals surface area (Å²) in [7, 11) is -3.79. The molecule has 0 saturated carbocycles. The summed E-state index contributed by atoms with van der Waals surface area (Å²) in [4.78, 5) is 20.7. The van der Waals surface area contributed by atoms with Crippen molar-refractivity contribution < 1.29 is 18.8 Å². The molecule has 166 valence electrons. The van der Waals surface area contributed by atoms with Gasteiger partial charge in [-0.15, -0.1) is 0 Å². The van der Waals surface area contributed by atoms with E-state index in [0.29, 0.717) is 0 Å². The van der Waals surface area contributed by atoms with Gasteiger partial charge in [0.05, 0.1) is 6.16 Å². The van der Waals surface area contributed by atoms with E-state index < -0.39 is 13.7 Å². The summed E-state index contributed by atoms with van der Waals surface area (Å²) >= 11 is 0. The van der Waals surface area contributed by atoms with E-state index in [1.165, 1.54) is 23.6 Å². The minimum absolute atomic E-state index is 0.0910. The highest BCUT2D eigenvalue weighted by atomic mass is 31.2. The van der Waals surface area contributed by atoms with Crippen LogP contribution in [-0.2, 0) is 9.09 Å². The van der Waals surface area contributed by atoms with E-state index in [9.17, 15) is 14.3 Å². The Labute approximate surface area is 177 Å². The largest absolute Gasteiger partial charge is 0.413 e. The fraction of sp³-hybridized carbons (Fsp3) is 0.609. The first kappa shape index (κ1) is 27.4. The third-order valence-corrected chi connectivity index (χ3v) is 5.73. The molecule has 5 nitrogen and oxygen atoms in total. The van der Waals surface area contributed by atoms with Crippen LogP contribution in [0.5, 0.6) is 0 Å². The van der Waals surface area contributed by atoms with Crippen LogP contribution in [0.3, 0.4) is 0 Å². The average molecular weight is 426 g/mol. The Morgan fingerprint density at radius 1 is 0.862 bits per heavy atom. The van der Waals surface area contributed by atoms with Crippen LogP contribution < -0.4 is 5.32 Å². The van der Waals surface area contributed by atoms with Crippen molar-refractivity contribution in [3.05, 3.63) is 46.6 Å². The van der Waals surface area contributed by atoms with Gasteiger partial charge in [-0.25, -0.2) is 9.36 Å². The molecule has 1 atom stereocenters. The molecular weight excluding hydrogens is 385 g/mol. The van der Waals surface area contributed by atoms with Crippen LogP contribution in [0.4, 0.5) is 4.79 Å². The maximum Gasteiger partial charge on any atom is 0.413 e. The van der Waals surface area contributed by atoms with Gasteiger partial charge >= 0.3 is 13.7 Å². The lowest BCUT2D eigenvalue weighted by molar-refractivity contribution is 0.194. The third-order valence-electron chi connectivity index (χ3n) is 4.48. The van der Waals surface area contributed by atoms with Gasteiger partial charge in [0.1, 0.15) is 0 Å². The van der Waals surface area contributed by atoms with Crippen LogP contribution in [0.1, 0.15) is 80.1 Å². The Morgan fingerprint density at radius 2 is 1.31 bits per heavy atom. The summed E-state index contributed by atoms with van der Waals surface area (Å²) in [5.41, 5.74) is 5.39. The van der Waals surface area contributed by atoms with Gasteiger partial charge in [0, 0.05) is 6.54 Å². The van der Waals surface area contributed by atoms with Crippen LogP contribution in [0, 0.1) is 0 Å². The molecule has 0 aliphatic carbocycles. The second-order valence-corrected chi connectivity index (χ2v) is 9.85. The highest BCUT2D eigenvalue weighted by Gasteiger charge is 2.20. The van der Waals surface area contributed by atoms with E-state index in [2.05, 4.69) is 55.8 Å². The normalized spacial score (nSPS) is 14.9. The SMILES string of the molecule is CCP(=O)(O)OC(=O)NCC=C(C)CCC=C(C)CCC=C(C)CCC=C(C)C. The molecule has 0 saturated heterocycles. The van der Waals surface area contributed by atoms with Crippen LogP contribution in [0.15, 0.2) is 46.6 Å². The Bertz CT molecular complexity index is 670. The number of hydrogen-bond acceptors (Lipinski definition) is 3. The van der Waals surface area contributed by atoms with Crippen molar-refractivity contribution in [1.82, 2.24) is 5.32 Å². The van der Waals surface area contributed by atoms with Gasteiger partial charge in [-0.1, -0.05) is 53.5 Å². The van der Waals surface area contributed by atoms with Gasteiger partial charge in [-0.05, 0) is 73.1 Å². The molecule has 0 heterocycles. The molecule has 0 aromatic carbocycles. The molecule has 0 aromatic rings. The monoisotopic (exact) mass is 425 g/mol. The van der Waals surface area contributed by atoms with E-state index in [1.54, 1.807) is 0 Å².